The highest BCUT2D eigenvalue weighted by Crippen LogP contribution is 2.19. The summed E-state index contributed by atoms with van der Waals surface area (Å²) >= 11 is 0. The van der Waals surface area contributed by atoms with Gasteiger partial charge in [0.15, 0.2) is 0 Å². The average molecular weight is 321 g/mol. The predicted octanol–water partition coefficient (Wildman–Crippen LogP) is 2.44. The van der Waals surface area contributed by atoms with Crippen LogP contribution < -0.4 is 10.6 Å². The normalized spacial score (nSPS) is 17.0. The van der Waals surface area contributed by atoms with Gasteiger partial charge in [0, 0.05) is 0 Å². The number of carboxylic acids is 1. The molecular formula is C18H15N3O3. The highest BCUT2D eigenvalue weighted by Gasteiger charge is 2.22. The molecule has 6 heteroatoms. The summed E-state index contributed by atoms with van der Waals surface area (Å²) < 4.78 is 0. The minimum Gasteiger partial charge on any atom is -0.478 e. The molecule has 0 aliphatic carbocycles. The van der Waals surface area contributed by atoms with Crippen LogP contribution in [-0.2, 0) is 4.79 Å². The van der Waals surface area contributed by atoms with Crippen LogP contribution >= 0.6 is 0 Å². The molecule has 2 aromatic carbocycles. The number of para-hydroxylation sites is 1. The Balaban J connectivity index is 1.87. The van der Waals surface area contributed by atoms with Gasteiger partial charge in [0.2, 0.25) is 5.96 Å². The summed E-state index contributed by atoms with van der Waals surface area (Å²) in [5.74, 6) is -1.19. The lowest BCUT2D eigenvalue weighted by Crippen LogP contribution is -2.24. The first-order valence-corrected chi connectivity index (χ1v) is 7.31. The van der Waals surface area contributed by atoms with E-state index in [4.69, 9.17) is 0 Å². The van der Waals surface area contributed by atoms with Crippen LogP contribution in [-0.4, -0.2) is 22.9 Å². The van der Waals surface area contributed by atoms with Gasteiger partial charge in [-0.15, -0.1) is 0 Å². The van der Waals surface area contributed by atoms with Crippen molar-refractivity contribution < 1.29 is 14.7 Å². The fourth-order valence-electron chi connectivity index (χ4n) is 2.25. The van der Waals surface area contributed by atoms with Gasteiger partial charge in [0.05, 0.1) is 11.3 Å². The molecule has 3 N–H and O–H groups in total. The molecule has 0 spiro atoms. The number of aromatic carboxylic acids is 1. The van der Waals surface area contributed by atoms with Gasteiger partial charge in [-0.25, -0.2) is 9.79 Å². The number of benzene rings is 2. The molecule has 0 saturated carbocycles. The zero-order chi connectivity index (χ0) is 17.1. The van der Waals surface area contributed by atoms with E-state index in [1.54, 1.807) is 24.3 Å². The maximum atomic E-state index is 12.0. The second-order valence-electron chi connectivity index (χ2n) is 5.33. The Morgan fingerprint density at radius 1 is 1.08 bits per heavy atom. The van der Waals surface area contributed by atoms with E-state index in [1.165, 1.54) is 6.07 Å². The van der Waals surface area contributed by atoms with Gasteiger partial charge in [-0.3, -0.25) is 10.1 Å². The molecule has 0 aromatic heterocycles. The van der Waals surface area contributed by atoms with E-state index in [0.29, 0.717) is 5.70 Å². The first-order valence-electron chi connectivity index (χ1n) is 7.31. The number of rotatable bonds is 3. The van der Waals surface area contributed by atoms with Crippen LogP contribution in [0.2, 0.25) is 0 Å². The molecule has 1 heterocycles. The molecule has 0 bridgehead atoms. The number of guanidine groups is 1. The number of aliphatic imine (C=N–C) groups is 1. The van der Waals surface area contributed by atoms with Gasteiger partial charge in [0.1, 0.15) is 5.70 Å². The third-order valence-corrected chi connectivity index (χ3v) is 3.48. The molecule has 0 radical (unpaired) electrons. The molecule has 1 saturated heterocycles. The Morgan fingerprint density at radius 3 is 2.50 bits per heavy atom. The number of carboxylic acid groups (broad SMARTS) is 1. The Kier molecular flexibility index (Phi) is 4.11. The smallest absolute Gasteiger partial charge is 0.337 e. The second kappa shape index (κ2) is 6.37. The van der Waals surface area contributed by atoms with Crippen molar-refractivity contribution >= 4 is 29.6 Å². The van der Waals surface area contributed by atoms with Gasteiger partial charge in [-0.05, 0) is 30.7 Å². The largest absolute Gasteiger partial charge is 0.478 e. The standard InChI is InChI=1S/C18H15N3O3/c1-11-6-8-12(9-7-11)10-15-16(22)21-18(20-15)19-14-5-3-2-4-13(14)17(23)24/h2-10H,1H3,(H,23,24)(H2,19,20,21,22)/b15-10-. The van der Waals surface area contributed by atoms with Crippen molar-refractivity contribution in [2.24, 2.45) is 4.99 Å². The van der Waals surface area contributed by atoms with Gasteiger partial charge < -0.3 is 10.4 Å². The number of hydrogen-bond acceptors (Lipinski definition) is 3. The predicted molar refractivity (Wildman–Crippen MR) is 90.9 cm³/mol. The highest BCUT2D eigenvalue weighted by atomic mass is 16.4. The van der Waals surface area contributed by atoms with E-state index in [2.05, 4.69) is 15.6 Å². The van der Waals surface area contributed by atoms with E-state index >= 15 is 0 Å². The summed E-state index contributed by atoms with van der Waals surface area (Å²) in [6.45, 7) is 1.99. The third kappa shape index (κ3) is 3.33. The second-order valence-corrected chi connectivity index (χ2v) is 5.33. The fourth-order valence-corrected chi connectivity index (χ4v) is 2.25. The SMILES string of the molecule is Cc1ccc(/C=C2\NC(=Nc3ccccc3C(=O)O)NC2=O)cc1. The molecule has 1 amide bonds. The Hall–Kier alpha value is -3.41. The third-order valence-electron chi connectivity index (χ3n) is 3.48. The first-order chi connectivity index (χ1) is 11.5. The van der Waals surface area contributed by atoms with E-state index in [1.807, 2.05) is 31.2 Å². The minimum absolute atomic E-state index is 0.0667. The summed E-state index contributed by atoms with van der Waals surface area (Å²) in [7, 11) is 0. The number of nitrogens with zero attached hydrogens (tertiary/aromatic N) is 1. The van der Waals surface area contributed by atoms with Crippen molar-refractivity contribution in [1.29, 1.82) is 0 Å². The number of hydrogen-bond donors (Lipinski definition) is 3. The van der Waals surface area contributed by atoms with Crippen molar-refractivity contribution in [3.63, 3.8) is 0 Å². The van der Waals surface area contributed by atoms with Crippen LogP contribution in [0.4, 0.5) is 5.69 Å². The zero-order valence-electron chi connectivity index (χ0n) is 12.9. The van der Waals surface area contributed by atoms with Crippen LogP contribution in [0.15, 0.2) is 59.2 Å². The maximum absolute atomic E-state index is 12.0. The first kappa shape index (κ1) is 15.5. The van der Waals surface area contributed by atoms with E-state index < -0.39 is 5.97 Å². The summed E-state index contributed by atoms with van der Waals surface area (Å²) in [6, 6.07) is 14.1. The Labute approximate surface area is 138 Å². The Bertz CT molecular complexity index is 867. The molecule has 0 unspecified atom stereocenters. The molecule has 3 rings (SSSR count). The summed E-state index contributed by atoms with van der Waals surface area (Å²) in [6.07, 6.45) is 1.71. The molecule has 6 nitrogen and oxygen atoms in total. The molecule has 1 fully saturated rings. The maximum Gasteiger partial charge on any atom is 0.337 e. The topological polar surface area (TPSA) is 90.8 Å². The molecule has 2 aromatic rings. The van der Waals surface area contributed by atoms with Crippen molar-refractivity contribution in [2.75, 3.05) is 0 Å². The Morgan fingerprint density at radius 2 is 1.79 bits per heavy atom. The number of amides is 1. The summed E-state index contributed by atoms with van der Waals surface area (Å²) in [5, 5.41) is 14.6. The number of carbonyl (C=O) groups excluding carboxylic acids is 1. The molecule has 24 heavy (non-hydrogen) atoms. The lowest BCUT2D eigenvalue weighted by molar-refractivity contribution is -0.115. The molecular weight excluding hydrogens is 306 g/mol. The fraction of sp³-hybridized carbons (Fsp3) is 0.0556. The van der Waals surface area contributed by atoms with Gasteiger partial charge in [-0.1, -0.05) is 42.0 Å². The van der Waals surface area contributed by atoms with E-state index in [0.717, 1.165) is 11.1 Å². The number of nitrogens with one attached hydrogen (secondary N) is 2. The van der Waals surface area contributed by atoms with Crippen molar-refractivity contribution in [2.45, 2.75) is 6.92 Å². The van der Waals surface area contributed by atoms with Crippen molar-refractivity contribution in [3.8, 4) is 0 Å². The van der Waals surface area contributed by atoms with Crippen LogP contribution in [0, 0.1) is 6.92 Å². The van der Waals surface area contributed by atoms with Crippen molar-refractivity contribution in [3.05, 3.63) is 70.9 Å². The highest BCUT2D eigenvalue weighted by molar-refractivity contribution is 6.16. The number of aryl methyl sites for hydroxylation is 1. The lowest BCUT2D eigenvalue weighted by Gasteiger charge is -2.02. The van der Waals surface area contributed by atoms with Crippen LogP contribution in [0.3, 0.4) is 0 Å². The van der Waals surface area contributed by atoms with Gasteiger partial charge in [-0.2, -0.15) is 0 Å². The van der Waals surface area contributed by atoms with E-state index in [-0.39, 0.29) is 23.1 Å². The molecule has 120 valence electrons. The average Bonchev–Trinajstić information content (AvgIpc) is 2.89. The van der Waals surface area contributed by atoms with Crippen LogP contribution in [0.1, 0.15) is 21.5 Å². The quantitative estimate of drug-likeness (QED) is 0.757. The van der Waals surface area contributed by atoms with E-state index in [9.17, 15) is 14.7 Å². The summed E-state index contributed by atoms with van der Waals surface area (Å²) in [4.78, 5) is 27.4. The minimum atomic E-state index is -1.07. The van der Waals surface area contributed by atoms with Crippen LogP contribution in [0.25, 0.3) is 6.08 Å². The zero-order valence-corrected chi connectivity index (χ0v) is 12.9. The molecule has 1 aliphatic heterocycles. The van der Waals surface area contributed by atoms with Gasteiger partial charge >= 0.3 is 5.97 Å². The molecule has 0 atom stereocenters. The summed E-state index contributed by atoms with van der Waals surface area (Å²) in [5.41, 5.74) is 2.70. The monoisotopic (exact) mass is 321 g/mol. The van der Waals surface area contributed by atoms with Crippen LogP contribution in [0.5, 0.6) is 0 Å². The van der Waals surface area contributed by atoms with Gasteiger partial charge in [0.25, 0.3) is 5.91 Å². The van der Waals surface area contributed by atoms with Crippen molar-refractivity contribution in [1.82, 2.24) is 10.6 Å². The lowest BCUT2D eigenvalue weighted by atomic mass is 10.1. The molecule has 1 aliphatic rings. The number of carbonyl (C=O) groups is 2.